The molecule has 0 bridgehead atoms. The quantitative estimate of drug-likeness (QED) is 0.572. The van der Waals surface area contributed by atoms with Gasteiger partial charge >= 0.3 is 5.69 Å². The Kier molecular flexibility index (Phi) is 4.86. The molecule has 0 spiro atoms. The summed E-state index contributed by atoms with van der Waals surface area (Å²) in [5.41, 5.74) is 1.06. The third-order valence-corrected chi connectivity index (χ3v) is 5.23. The maximum atomic E-state index is 12.7. The fourth-order valence-electron chi connectivity index (χ4n) is 3.57. The number of carbonyl (C=O) groups excluding carboxylic acids is 1. The highest BCUT2D eigenvalue weighted by Crippen LogP contribution is 2.32. The maximum absolute atomic E-state index is 12.7. The minimum absolute atomic E-state index is 0.0693. The molecule has 1 aromatic heterocycles. The zero-order chi connectivity index (χ0) is 19.7. The van der Waals surface area contributed by atoms with Crippen molar-refractivity contribution < 1.29 is 24.1 Å². The number of rotatable bonds is 5. The molecule has 0 saturated carbocycles. The van der Waals surface area contributed by atoms with Crippen LogP contribution in [-0.2, 0) is 11.3 Å². The van der Waals surface area contributed by atoms with E-state index in [2.05, 4.69) is 5.10 Å². The van der Waals surface area contributed by atoms with Gasteiger partial charge in [0.1, 0.15) is 25.0 Å². The smallest absolute Gasteiger partial charge is 0.307 e. The minimum Gasteiger partial charge on any atom is -0.454 e. The molecule has 1 aromatic carbocycles. The Hall–Kier alpha value is -3.14. The largest absolute Gasteiger partial charge is 0.454 e. The molecular weight excluding hydrogens is 366 g/mol. The Labute approximate surface area is 161 Å². The minimum atomic E-state index is -0.566. The molecule has 148 valence electrons. The van der Waals surface area contributed by atoms with E-state index in [-0.39, 0.29) is 18.4 Å². The summed E-state index contributed by atoms with van der Waals surface area (Å²) in [7, 11) is 0. The molecule has 28 heavy (non-hydrogen) atoms. The summed E-state index contributed by atoms with van der Waals surface area (Å²) in [6.07, 6.45) is 2.46. The second kappa shape index (κ2) is 7.47. The van der Waals surface area contributed by atoms with Crippen LogP contribution in [-0.4, -0.2) is 58.5 Å². The van der Waals surface area contributed by atoms with Gasteiger partial charge in [-0.3, -0.25) is 19.6 Å². The number of quaternary nitrogens is 1. The van der Waals surface area contributed by atoms with Gasteiger partial charge in [0.15, 0.2) is 11.5 Å². The number of aromatic nitrogens is 2. The summed E-state index contributed by atoms with van der Waals surface area (Å²) < 4.78 is 12.1. The predicted octanol–water partition coefficient (Wildman–Crippen LogP) is 0.00830. The van der Waals surface area contributed by atoms with Gasteiger partial charge in [0, 0.05) is 5.56 Å². The van der Waals surface area contributed by atoms with E-state index < -0.39 is 11.0 Å². The van der Waals surface area contributed by atoms with E-state index in [4.69, 9.17) is 9.47 Å². The summed E-state index contributed by atoms with van der Waals surface area (Å²) >= 11 is 0. The van der Waals surface area contributed by atoms with E-state index >= 15 is 0 Å². The molecule has 2 aliphatic rings. The zero-order valence-corrected chi connectivity index (χ0v) is 15.5. The first-order chi connectivity index (χ1) is 13.5. The van der Waals surface area contributed by atoms with Crippen LogP contribution in [0.5, 0.6) is 11.5 Å². The lowest BCUT2D eigenvalue weighted by Crippen LogP contribution is -3.13. The van der Waals surface area contributed by atoms with Crippen LogP contribution in [0.25, 0.3) is 0 Å². The molecule has 1 amide bonds. The number of hydrogen-bond donors (Lipinski definition) is 1. The first-order valence-corrected chi connectivity index (χ1v) is 9.20. The van der Waals surface area contributed by atoms with Crippen molar-refractivity contribution in [2.24, 2.45) is 0 Å². The van der Waals surface area contributed by atoms with Crippen molar-refractivity contribution in [3.8, 4) is 11.5 Å². The fourth-order valence-corrected chi connectivity index (χ4v) is 3.57. The number of nitrogens with one attached hydrogen (secondary N) is 1. The van der Waals surface area contributed by atoms with Crippen LogP contribution in [0.3, 0.4) is 0 Å². The van der Waals surface area contributed by atoms with Crippen molar-refractivity contribution in [1.29, 1.82) is 0 Å². The van der Waals surface area contributed by atoms with E-state index in [1.807, 2.05) is 18.2 Å². The molecule has 10 heteroatoms. The molecule has 1 N–H and O–H groups in total. The van der Waals surface area contributed by atoms with E-state index in [1.54, 1.807) is 11.8 Å². The highest BCUT2D eigenvalue weighted by atomic mass is 16.7. The molecule has 2 aliphatic heterocycles. The summed E-state index contributed by atoms with van der Waals surface area (Å²) in [6.45, 7) is 5.81. The number of fused-ring (bicyclic) bond motifs is 1. The molecule has 10 nitrogen and oxygen atoms in total. The van der Waals surface area contributed by atoms with Crippen LogP contribution in [0.4, 0.5) is 5.69 Å². The summed E-state index contributed by atoms with van der Waals surface area (Å²) in [5.74, 6) is 1.50. The van der Waals surface area contributed by atoms with Crippen molar-refractivity contribution in [2.75, 3.05) is 33.0 Å². The fraction of sp³-hybridized carbons (Fsp3) is 0.444. The van der Waals surface area contributed by atoms with Gasteiger partial charge in [0.05, 0.1) is 31.1 Å². The van der Waals surface area contributed by atoms with Gasteiger partial charge in [-0.1, -0.05) is 0 Å². The van der Waals surface area contributed by atoms with Crippen LogP contribution in [0.2, 0.25) is 0 Å². The molecular formula is C18H22N5O5+. The second-order valence-corrected chi connectivity index (χ2v) is 7.05. The van der Waals surface area contributed by atoms with Crippen molar-refractivity contribution in [3.63, 3.8) is 0 Å². The van der Waals surface area contributed by atoms with Gasteiger partial charge < -0.3 is 19.3 Å². The number of nitrogens with zero attached hydrogens (tertiary/aromatic N) is 4. The van der Waals surface area contributed by atoms with Gasteiger partial charge in [-0.15, -0.1) is 0 Å². The van der Waals surface area contributed by atoms with E-state index in [9.17, 15) is 14.9 Å². The monoisotopic (exact) mass is 388 g/mol. The lowest BCUT2D eigenvalue weighted by Gasteiger charge is -2.33. The number of hydrogen-bond acceptors (Lipinski definition) is 6. The van der Waals surface area contributed by atoms with Crippen LogP contribution >= 0.6 is 0 Å². The lowest BCUT2D eigenvalue weighted by atomic mass is 10.1. The lowest BCUT2D eigenvalue weighted by molar-refractivity contribution is -0.917. The van der Waals surface area contributed by atoms with Crippen LogP contribution in [0.1, 0.15) is 18.5 Å². The number of amides is 1. The summed E-state index contributed by atoms with van der Waals surface area (Å²) in [5, 5.41) is 14.7. The first-order valence-electron chi connectivity index (χ1n) is 9.20. The average molecular weight is 388 g/mol. The number of carbonyl (C=O) groups is 1. The van der Waals surface area contributed by atoms with E-state index in [0.717, 1.165) is 37.3 Å². The Balaban J connectivity index is 1.31. The van der Waals surface area contributed by atoms with Crippen LogP contribution < -0.4 is 14.4 Å². The van der Waals surface area contributed by atoms with Gasteiger partial charge in [-0.05, 0) is 25.1 Å². The van der Waals surface area contributed by atoms with Crippen LogP contribution in [0, 0.1) is 10.1 Å². The van der Waals surface area contributed by atoms with Gasteiger partial charge in [-0.2, -0.15) is 5.10 Å². The third-order valence-electron chi connectivity index (χ3n) is 5.23. The number of nitro groups is 1. The van der Waals surface area contributed by atoms with Crippen molar-refractivity contribution >= 4 is 11.6 Å². The SMILES string of the molecule is C[C@H](C(=O)N1CC[NH+](Cc2ccc3c(c2)OCO3)CC1)n1cc([N+](=O)[O-])cn1. The Morgan fingerprint density at radius 3 is 2.79 bits per heavy atom. The highest BCUT2D eigenvalue weighted by Gasteiger charge is 2.29. The number of benzene rings is 1. The molecule has 0 unspecified atom stereocenters. The summed E-state index contributed by atoms with van der Waals surface area (Å²) in [4.78, 5) is 26.2. The van der Waals surface area contributed by atoms with Crippen LogP contribution in [0.15, 0.2) is 30.6 Å². The number of ether oxygens (including phenoxy) is 2. The molecule has 4 rings (SSSR count). The normalized spacial score (nSPS) is 17.5. The Bertz CT molecular complexity index is 890. The predicted molar refractivity (Wildman–Crippen MR) is 97.1 cm³/mol. The number of piperazine rings is 1. The third kappa shape index (κ3) is 3.63. The van der Waals surface area contributed by atoms with E-state index in [0.29, 0.717) is 13.1 Å². The van der Waals surface area contributed by atoms with Crippen molar-refractivity contribution in [2.45, 2.75) is 19.5 Å². The maximum Gasteiger partial charge on any atom is 0.307 e. The van der Waals surface area contributed by atoms with Crippen molar-refractivity contribution in [1.82, 2.24) is 14.7 Å². The second-order valence-electron chi connectivity index (χ2n) is 7.05. The molecule has 0 aliphatic carbocycles. The van der Waals surface area contributed by atoms with Gasteiger partial charge in [-0.25, -0.2) is 0 Å². The van der Waals surface area contributed by atoms with Gasteiger partial charge in [0.2, 0.25) is 12.7 Å². The highest BCUT2D eigenvalue weighted by molar-refractivity contribution is 5.80. The Morgan fingerprint density at radius 1 is 1.32 bits per heavy atom. The molecule has 1 fully saturated rings. The van der Waals surface area contributed by atoms with E-state index in [1.165, 1.54) is 21.3 Å². The molecule has 0 radical (unpaired) electrons. The average Bonchev–Trinajstić information content (AvgIpc) is 3.37. The summed E-state index contributed by atoms with van der Waals surface area (Å²) in [6, 6.07) is 5.43. The molecule has 1 saturated heterocycles. The first kappa shape index (κ1) is 18.2. The van der Waals surface area contributed by atoms with Gasteiger partial charge in [0.25, 0.3) is 0 Å². The molecule has 3 heterocycles. The zero-order valence-electron chi connectivity index (χ0n) is 15.5. The Morgan fingerprint density at radius 2 is 2.07 bits per heavy atom. The van der Waals surface area contributed by atoms with Crippen molar-refractivity contribution in [3.05, 3.63) is 46.3 Å². The molecule has 2 aromatic rings. The topological polar surface area (TPSA) is 104 Å². The molecule has 1 atom stereocenters. The standard InChI is InChI=1S/C18H21N5O5/c1-13(22-11-15(9-19-22)23(25)26)18(24)21-6-4-20(5-7-21)10-14-2-3-16-17(8-14)28-12-27-16/h2-3,8-9,11,13H,4-7,10,12H2,1H3/p+1/t13-/m1/s1.